The number of carbonyl (C=O) groups is 2. The Morgan fingerprint density at radius 3 is 2.50 bits per heavy atom. The number of esters is 1. The summed E-state index contributed by atoms with van der Waals surface area (Å²) in [5.41, 5.74) is 1.82. The first-order valence-electron chi connectivity index (χ1n) is 8.79. The molecule has 6 nitrogen and oxygen atoms in total. The molecule has 1 amide bonds. The molecule has 0 unspecified atom stereocenters. The van der Waals surface area contributed by atoms with Gasteiger partial charge in [-0.05, 0) is 38.8 Å². The Morgan fingerprint density at radius 1 is 1.23 bits per heavy atom. The lowest BCUT2D eigenvalue weighted by Gasteiger charge is -2.30. The molecule has 0 bridgehead atoms. The van der Waals surface area contributed by atoms with Crippen molar-refractivity contribution in [1.82, 2.24) is 14.7 Å². The van der Waals surface area contributed by atoms with E-state index in [1.54, 1.807) is 23.4 Å². The van der Waals surface area contributed by atoms with Gasteiger partial charge >= 0.3 is 5.97 Å². The molecule has 2 aromatic rings. The number of hydrogen-bond acceptors (Lipinski definition) is 4. The van der Waals surface area contributed by atoms with Crippen molar-refractivity contribution < 1.29 is 14.3 Å². The number of aryl methyl sites for hydroxylation is 1. The number of carbonyl (C=O) groups excluding carboxylic acids is 2. The number of rotatable bonds is 4. The molecule has 1 fully saturated rings. The van der Waals surface area contributed by atoms with E-state index in [2.05, 4.69) is 5.10 Å². The molecule has 1 aromatic carbocycles. The summed E-state index contributed by atoms with van der Waals surface area (Å²) in [6.45, 7) is 4.98. The van der Waals surface area contributed by atoms with Crippen molar-refractivity contribution in [3.05, 3.63) is 46.7 Å². The van der Waals surface area contributed by atoms with Gasteiger partial charge in [0.25, 0.3) is 5.91 Å². The van der Waals surface area contributed by atoms with Crippen LogP contribution in [0.4, 0.5) is 0 Å². The summed E-state index contributed by atoms with van der Waals surface area (Å²) < 4.78 is 6.65. The van der Waals surface area contributed by atoms with Crippen molar-refractivity contribution in [2.75, 3.05) is 19.7 Å². The van der Waals surface area contributed by atoms with Gasteiger partial charge in [0.05, 0.1) is 29.5 Å². The molecule has 0 aliphatic carbocycles. The first-order valence-corrected chi connectivity index (χ1v) is 9.17. The molecule has 0 saturated carbocycles. The third-order valence-corrected chi connectivity index (χ3v) is 4.97. The predicted molar refractivity (Wildman–Crippen MR) is 98.6 cm³/mol. The molecule has 26 heavy (non-hydrogen) atoms. The molecular formula is C19H22ClN3O3. The monoisotopic (exact) mass is 375 g/mol. The summed E-state index contributed by atoms with van der Waals surface area (Å²) in [6.07, 6.45) is 1.21. The standard InChI is InChI=1S/C19H22ClN3O3/c1-3-26-19(25)14-9-11-22(12-10-14)18(24)16-13(2)21-23(17(16)20)15-7-5-4-6-8-15/h4-8,14H,3,9-12H2,1-2H3. The average Bonchev–Trinajstić information content (AvgIpc) is 2.96. The van der Waals surface area contributed by atoms with E-state index in [-0.39, 0.29) is 17.8 Å². The largest absolute Gasteiger partial charge is 0.466 e. The van der Waals surface area contributed by atoms with E-state index in [1.807, 2.05) is 30.3 Å². The van der Waals surface area contributed by atoms with Gasteiger partial charge in [0.2, 0.25) is 0 Å². The number of likely N-dealkylation sites (tertiary alicyclic amines) is 1. The molecule has 138 valence electrons. The van der Waals surface area contributed by atoms with Crippen molar-refractivity contribution in [2.45, 2.75) is 26.7 Å². The van der Waals surface area contributed by atoms with E-state index in [0.717, 1.165) is 5.69 Å². The van der Waals surface area contributed by atoms with Crippen LogP contribution in [-0.4, -0.2) is 46.3 Å². The average molecular weight is 376 g/mol. The highest BCUT2D eigenvalue weighted by atomic mass is 35.5. The van der Waals surface area contributed by atoms with Crippen LogP contribution in [0.3, 0.4) is 0 Å². The molecule has 0 radical (unpaired) electrons. The minimum atomic E-state index is -0.175. The Morgan fingerprint density at radius 2 is 1.88 bits per heavy atom. The molecule has 0 spiro atoms. The smallest absolute Gasteiger partial charge is 0.309 e. The van der Waals surface area contributed by atoms with Crippen molar-refractivity contribution in [1.29, 1.82) is 0 Å². The van der Waals surface area contributed by atoms with Crippen LogP contribution >= 0.6 is 11.6 Å². The Bertz CT molecular complexity index is 796. The molecule has 0 atom stereocenters. The minimum Gasteiger partial charge on any atom is -0.466 e. The Balaban J connectivity index is 1.75. The van der Waals surface area contributed by atoms with Crippen molar-refractivity contribution in [3.8, 4) is 5.69 Å². The molecule has 1 saturated heterocycles. The van der Waals surface area contributed by atoms with Gasteiger partial charge in [-0.1, -0.05) is 29.8 Å². The maximum atomic E-state index is 13.0. The number of benzene rings is 1. The van der Waals surface area contributed by atoms with E-state index in [0.29, 0.717) is 48.9 Å². The van der Waals surface area contributed by atoms with Crippen molar-refractivity contribution in [3.63, 3.8) is 0 Å². The second-order valence-electron chi connectivity index (χ2n) is 6.32. The first kappa shape index (κ1) is 18.5. The minimum absolute atomic E-state index is 0.136. The zero-order valence-electron chi connectivity index (χ0n) is 14.9. The van der Waals surface area contributed by atoms with Crippen LogP contribution in [0, 0.1) is 12.8 Å². The number of amides is 1. The predicted octanol–water partition coefficient (Wildman–Crippen LogP) is 3.25. The fraction of sp³-hybridized carbons (Fsp3) is 0.421. The van der Waals surface area contributed by atoms with Gasteiger partial charge in [-0.2, -0.15) is 5.10 Å². The molecule has 1 aliphatic rings. The number of para-hydroxylation sites is 1. The zero-order chi connectivity index (χ0) is 18.7. The lowest BCUT2D eigenvalue weighted by molar-refractivity contribution is -0.149. The van der Waals surface area contributed by atoms with Crippen molar-refractivity contribution >= 4 is 23.5 Å². The van der Waals surface area contributed by atoms with Gasteiger partial charge in [0.1, 0.15) is 5.15 Å². The van der Waals surface area contributed by atoms with E-state index >= 15 is 0 Å². The highest BCUT2D eigenvalue weighted by molar-refractivity contribution is 6.33. The van der Waals surface area contributed by atoms with E-state index in [9.17, 15) is 9.59 Å². The molecule has 0 N–H and O–H groups in total. The second kappa shape index (κ2) is 7.91. The zero-order valence-corrected chi connectivity index (χ0v) is 15.7. The third-order valence-electron chi connectivity index (χ3n) is 4.62. The maximum absolute atomic E-state index is 13.0. The molecular weight excluding hydrogens is 354 g/mol. The van der Waals surface area contributed by atoms with Gasteiger partial charge in [-0.25, -0.2) is 4.68 Å². The Labute approximate surface area is 157 Å². The van der Waals surface area contributed by atoms with E-state index in [4.69, 9.17) is 16.3 Å². The summed E-state index contributed by atoms with van der Waals surface area (Å²) in [5, 5.41) is 4.74. The fourth-order valence-electron chi connectivity index (χ4n) is 3.22. The SMILES string of the molecule is CCOC(=O)C1CCN(C(=O)c2c(C)nn(-c3ccccc3)c2Cl)CC1. The second-order valence-corrected chi connectivity index (χ2v) is 6.68. The number of hydrogen-bond donors (Lipinski definition) is 0. The van der Waals surface area contributed by atoms with Crippen LogP contribution in [0.1, 0.15) is 35.8 Å². The molecule has 7 heteroatoms. The number of nitrogens with zero attached hydrogens (tertiary/aromatic N) is 3. The molecule has 2 heterocycles. The molecule has 3 rings (SSSR count). The van der Waals surface area contributed by atoms with Crippen LogP contribution in [0.2, 0.25) is 5.15 Å². The van der Waals surface area contributed by atoms with Crippen LogP contribution in [-0.2, 0) is 9.53 Å². The van der Waals surface area contributed by atoms with E-state index < -0.39 is 0 Å². The summed E-state index contributed by atoms with van der Waals surface area (Å²) in [5.74, 6) is -0.453. The normalized spacial score (nSPS) is 15.1. The first-order chi connectivity index (χ1) is 12.5. The van der Waals surface area contributed by atoms with Crippen LogP contribution in [0.15, 0.2) is 30.3 Å². The van der Waals surface area contributed by atoms with Crippen LogP contribution < -0.4 is 0 Å². The maximum Gasteiger partial charge on any atom is 0.309 e. The van der Waals surface area contributed by atoms with Gasteiger partial charge in [-0.3, -0.25) is 9.59 Å². The highest BCUT2D eigenvalue weighted by Crippen LogP contribution is 2.27. The summed E-state index contributed by atoms with van der Waals surface area (Å²) in [7, 11) is 0. The quantitative estimate of drug-likeness (QED) is 0.769. The van der Waals surface area contributed by atoms with Crippen LogP contribution in [0.5, 0.6) is 0 Å². The summed E-state index contributed by atoms with van der Waals surface area (Å²) in [4.78, 5) is 26.6. The van der Waals surface area contributed by atoms with Crippen LogP contribution in [0.25, 0.3) is 5.69 Å². The number of ether oxygens (including phenoxy) is 1. The highest BCUT2D eigenvalue weighted by Gasteiger charge is 2.31. The van der Waals surface area contributed by atoms with E-state index in [1.165, 1.54) is 0 Å². The Hall–Kier alpha value is -2.34. The lowest BCUT2D eigenvalue weighted by Crippen LogP contribution is -2.40. The Kier molecular flexibility index (Phi) is 5.61. The molecule has 1 aliphatic heterocycles. The molecule has 1 aromatic heterocycles. The number of halogens is 1. The summed E-state index contributed by atoms with van der Waals surface area (Å²) in [6, 6.07) is 9.47. The number of aromatic nitrogens is 2. The van der Waals surface area contributed by atoms with Gasteiger partial charge in [0, 0.05) is 13.1 Å². The van der Waals surface area contributed by atoms with Crippen molar-refractivity contribution in [2.24, 2.45) is 5.92 Å². The van der Waals surface area contributed by atoms with Gasteiger partial charge in [0.15, 0.2) is 0 Å². The summed E-state index contributed by atoms with van der Waals surface area (Å²) >= 11 is 6.48. The van der Waals surface area contributed by atoms with Gasteiger partial charge in [-0.15, -0.1) is 0 Å². The fourth-order valence-corrected chi connectivity index (χ4v) is 3.57. The third kappa shape index (κ3) is 3.60. The topological polar surface area (TPSA) is 64.4 Å². The lowest BCUT2D eigenvalue weighted by atomic mass is 9.96. The van der Waals surface area contributed by atoms with Gasteiger partial charge < -0.3 is 9.64 Å². The number of piperidine rings is 1.